The Morgan fingerprint density at radius 3 is 2.77 bits per heavy atom. The highest BCUT2D eigenvalue weighted by Gasteiger charge is 2.29. The molecule has 1 aliphatic carbocycles. The summed E-state index contributed by atoms with van der Waals surface area (Å²) in [6, 6.07) is 7.01. The van der Waals surface area contributed by atoms with E-state index in [1.165, 1.54) is 18.4 Å². The van der Waals surface area contributed by atoms with Gasteiger partial charge < -0.3 is 0 Å². The van der Waals surface area contributed by atoms with E-state index in [0.29, 0.717) is 5.41 Å². The van der Waals surface area contributed by atoms with E-state index < -0.39 is 0 Å². The van der Waals surface area contributed by atoms with E-state index in [-0.39, 0.29) is 0 Å². The number of benzene rings is 1. The van der Waals surface area contributed by atoms with Crippen LogP contribution in [0.15, 0.2) is 18.2 Å². The van der Waals surface area contributed by atoms with E-state index in [4.69, 9.17) is 0 Å². The van der Waals surface area contributed by atoms with Crippen LogP contribution in [0.3, 0.4) is 0 Å². The fraction of sp³-hybridized carbons (Fsp3) is 0.538. The topological polar surface area (TPSA) is 0 Å². The van der Waals surface area contributed by atoms with E-state index in [1.54, 1.807) is 11.1 Å². The molecule has 0 aromatic heterocycles. The van der Waals surface area contributed by atoms with Crippen LogP contribution in [0, 0.1) is 0 Å². The largest absolute Gasteiger partial charge is 0.0613 e. The van der Waals surface area contributed by atoms with E-state index >= 15 is 0 Å². The molecular formula is C13H18. The average molecular weight is 174 g/mol. The molecule has 70 valence electrons. The number of fused-ring (bicyclic) bond motifs is 1. The smallest absolute Gasteiger partial charge is 0.00977 e. The van der Waals surface area contributed by atoms with Gasteiger partial charge in [-0.2, -0.15) is 0 Å². The third-order valence-corrected chi connectivity index (χ3v) is 3.33. The van der Waals surface area contributed by atoms with Crippen LogP contribution in [-0.2, 0) is 18.3 Å². The van der Waals surface area contributed by atoms with Crippen LogP contribution in [0.4, 0.5) is 0 Å². The van der Waals surface area contributed by atoms with Crippen molar-refractivity contribution in [3.63, 3.8) is 0 Å². The molecule has 0 heteroatoms. The Labute approximate surface area is 81.0 Å². The maximum Gasteiger partial charge on any atom is -0.00977 e. The van der Waals surface area contributed by atoms with Gasteiger partial charge in [0.1, 0.15) is 0 Å². The lowest BCUT2D eigenvalue weighted by Gasteiger charge is -2.18. The minimum Gasteiger partial charge on any atom is -0.0613 e. The lowest BCUT2D eigenvalue weighted by Crippen LogP contribution is -2.11. The molecule has 1 aromatic rings. The first-order valence-corrected chi connectivity index (χ1v) is 5.26. The molecule has 0 saturated heterocycles. The van der Waals surface area contributed by atoms with Gasteiger partial charge in [0.2, 0.25) is 0 Å². The number of aryl methyl sites for hydroxylation is 2. The summed E-state index contributed by atoms with van der Waals surface area (Å²) in [5, 5.41) is 0. The maximum absolute atomic E-state index is 2.39. The summed E-state index contributed by atoms with van der Waals surface area (Å²) in [6.45, 7) is 6.93. The summed E-state index contributed by atoms with van der Waals surface area (Å²) in [7, 11) is 0. The van der Waals surface area contributed by atoms with Gasteiger partial charge in [-0.1, -0.05) is 39.0 Å². The van der Waals surface area contributed by atoms with Gasteiger partial charge in [-0.05, 0) is 41.4 Å². The van der Waals surface area contributed by atoms with Crippen molar-refractivity contribution in [1.82, 2.24) is 0 Å². The molecule has 2 rings (SSSR count). The second kappa shape index (κ2) is 2.87. The third-order valence-electron chi connectivity index (χ3n) is 3.33. The van der Waals surface area contributed by atoms with Crippen LogP contribution in [0.5, 0.6) is 0 Å². The summed E-state index contributed by atoms with van der Waals surface area (Å²) in [5.41, 5.74) is 5.06. The Hall–Kier alpha value is -0.780. The van der Waals surface area contributed by atoms with Gasteiger partial charge >= 0.3 is 0 Å². The predicted molar refractivity (Wildman–Crippen MR) is 57.2 cm³/mol. The highest BCUT2D eigenvalue weighted by atomic mass is 14.3. The summed E-state index contributed by atoms with van der Waals surface area (Å²) in [5.74, 6) is 0. The van der Waals surface area contributed by atoms with Crippen molar-refractivity contribution in [3.05, 3.63) is 34.9 Å². The van der Waals surface area contributed by atoms with E-state index in [0.717, 1.165) is 6.42 Å². The first-order valence-electron chi connectivity index (χ1n) is 5.26. The van der Waals surface area contributed by atoms with Gasteiger partial charge in [0.05, 0.1) is 0 Å². The molecule has 0 aliphatic heterocycles. The monoisotopic (exact) mass is 174 g/mol. The normalized spacial score (nSPS) is 18.7. The second-order valence-corrected chi connectivity index (χ2v) is 4.73. The molecule has 13 heavy (non-hydrogen) atoms. The van der Waals surface area contributed by atoms with Crippen LogP contribution in [-0.4, -0.2) is 0 Å². The van der Waals surface area contributed by atoms with Crippen LogP contribution < -0.4 is 0 Å². The zero-order chi connectivity index (χ0) is 9.47. The molecule has 0 nitrogen and oxygen atoms in total. The van der Waals surface area contributed by atoms with Gasteiger partial charge in [0, 0.05) is 0 Å². The van der Waals surface area contributed by atoms with E-state index in [1.807, 2.05) is 0 Å². The Morgan fingerprint density at radius 1 is 1.31 bits per heavy atom. The molecule has 0 bridgehead atoms. The maximum atomic E-state index is 2.39. The predicted octanol–water partition coefficient (Wildman–Crippen LogP) is 3.47. The summed E-state index contributed by atoms with van der Waals surface area (Å²) in [4.78, 5) is 0. The molecule has 0 radical (unpaired) electrons. The van der Waals surface area contributed by atoms with E-state index in [9.17, 15) is 0 Å². The standard InChI is InChI=1S/C13H18/c1-4-10-5-6-12-11(9-10)7-8-13(12,2)3/h5-6,9H,4,7-8H2,1-3H3. The van der Waals surface area contributed by atoms with Gasteiger partial charge in [0.15, 0.2) is 0 Å². The Bertz CT molecular complexity index is 321. The van der Waals surface area contributed by atoms with Crippen molar-refractivity contribution in [2.75, 3.05) is 0 Å². The molecule has 1 aromatic carbocycles. The highest BCUT2D eigenvalue weighted by Crippen LogP contribution is 2.38. The van der Waals surface area contributed by atoms with Gasteiger partial charge in [0.25, 0.3) is 0 Å². The second-order valence-electron chi connectivity index (χ2n) is 4.73. The van der Waals surface area contributed by atoms with Crippen LogP contribution in [0.2, 0.25) is 0 Å². The summed E-state index contributed by atoms with van der Waals surface area (Å²) >= 11 is 0. The quantitative estimate of drug-likeness (QED) is 0.611. The lowest BCUT2D eigenvalue weighted by molar-refractivity contribution is 0.522. The first kappa shape index (κ1) is 8.80. The summed E-state index contributed by atoms with van der Waals surface area (Å²) < 4.78 is 0. The lowest BCUT2D eigenvalue weighted by atomic mass is 9.86. The molecule has 0 spiro atoms. The van der Waals surface area contributed by atoms with Crippen LogP contribution >= 0.6 is 0 Å². The van der Waals surface area contributed by atoms with Crippen LogP contribution in [0.25, 0.3) is 0 Å². The van der Waals surface area contributed by atoms with Crippen molar-refractivity contribution >= 4 is 0 Å². The minimum absolute atomic E-state index is 0.418. The first-order chi connectivity index (χ1) is 6.13. The fourth-order valence-corrected chi connectivity index (χ4v) is 2.32. The molecule has 0 saturated carbocycles. The number of hydrogen-bond acceptors (Lipinski definition) is 0. The Kier molecular flexibility index (Phi) is 1.94. The minimum atomic E-state index is 0.418. The molecule has 0 N–H and O–H groups in total. The van der Waals surface area contributed by atoms with Gasteiger partial charge in [-0.25, -0.2) is 0 Å². The summed E-state index contributed by atoms with van der Waals surface area (Å²) in [6.07, 6.45) is 3.75. The molecule has 0 atom stereocenters. The average Bonchev–Trinajstić information content (AvgIpc) is 2.42. The van der Waals surface area contributed by atoms with Crippen molar-refractivity contribution in [2.45, 2.75) is 45.4 Å². The Balaban J connectivity index is 2.46. The van der Waals surface area contributed by atoms with Gasteiger partial charge in [-0.3, -0.25) is 0 Å². The van der Waals surface area contributed by atoms with E-state index in [2.05, 4.69) is 39.0 Å². The van der Waals surface area contributed by atoms with Crippen molar-refractivity contribution in [2.24, 2.45) is 0 Å². The molecule has 1 aliphatic rings. The SMILES string of the molecule is CCc1ccc2c(c1)CCC2(C)C. The molecular weight excluding hydrogens is 156 g/mol. The zero-order valence-corrected chi connectivity index (χ0v) is 8.85. The van der Waals surface area contributed by atoms with Crippen LogP contribution in [0.1, 0.15) is 43.9 Å². The molecule has 0 fully saturated rings. The fourth-order valence-electron chi connectivity index (χ4n) is 2.32. The third kappa shape index (κ3) is 1.39. The Morgan fingerprint density at radius 2 is 2.08 bits per heavy atom. The van der Waals surface area contributed by atoms with Crippen molar-refractivity contribution in [3.8, 4) is 0 Å². The highest BCUT2D eigenvalue weighted by molar-refractivity contribution is 5.40. The van der Waals surface area contributed by atoms with Gasteiger partial charge in [-0.15, -0.1) is 0 Å². The molecule has 0 unspecified atom stereocenters. The molecule has 0 amide bonds. The number of rotatable bonds is 1. The van der Waals surface area contributed by atoms with Crippen molar-refractivity contribution < 1.29 is 0 Å². The zero-order valence-electron chi connectivity index (χ0n) is 8.85. The molecule has 0 heterocycles. The van der Waals surface area contributed by atoms with Crippen molar-refractivity contribution in [1.29, 1.82) is 0 Å². The number of hydrogen-bond donors (Lipinski definition) is 0.